The Labute approximate surface area is 148 Å². The molecule has 0 radical (unpaired) electrons. The topological polar surface area (TPSA) is 26.3 Å². The Morgan fingerprint density at radius 3 is 2.04 bits per heavy atom. The smallest absolute Gasteiger partial charge is 0.310 e. The van der Waals surface area contributed by atoms with Crippen molar-refractivity contribution in [3.05, 3.63) is 46.3 Å². The van der Waals surface area contributed by atoms with Crippen LogP contribution in [0.15, 0.2) is 11.6 Å². The van der Waals surface area contributed by atoms with Crippen LogP contribution in [0.1, 0.15) is 45.1 Å². The monoisotopic (exact) mass is 374 g/mol. The summed E-state index contributed by atoms with van der Waals surface area (Å²) in [7, 11) is 0. The maximum absolute atomic E-state index is 13.6. The fourth-order valence-electron chi connectivity index (χ4n) is 3.70. The first-order valence-corrected chi connectivity index (χ1v) is 8.52. The molecule has 0 bridgehead atoms. The van der Waals surface area contributed by atoms with Crippen molar-refractivity contribution in [1.82, 2.24) is 0 Å². The number of allylic oxidation sites excluding steroid dienone is 2. The average molecular weight is 374 g/mol. The molecule has 2 aliphatic carbocycles. The van der Waals surface area contributed by atoms with Crippen molar-refractivity contribution in [2.45, 2.75) is 46.1 Å². The van der Waals surface area contributed by atoms with Crippen molar-refractivity contribution in [1.29, 1.82) is 0 Å². The molecule has 0 aliphatic heterocycles. The zero-order valence-corrected chi connectivity index (χ0v) is 14.5. The van der Waals surface area contributed by atoms with E-state index in [-0.39, 0.29) is 11.3 Å². The van der Waals surface area contributed by atoms with Crippen LogP contribution in [0.5, 0.6) is 0 Å². The van der Waals surface area contributed by atoms with Gasteiger partial charge in [-0.05, 0) is 37.0 Å². The fourth-order valence-corrected chi connectivity index (χ4v) is 3.70. The van der Waals surface area contributed by atoms with Gasteiger partial charge in [-0.15, -0.1) is 0 Å². The van der Waals surface area contributed by atoms with Gasteiger partial charge in [0.25, 0.3) is 0 Å². The molecule has 2 fully saturated rings. The number of rotatable bonds is 4. The fraction of sp³-hybridized carbons (Fsp3) is 0.526. The minimum absolute atomic E-state index is 0.0421. The van der Waals surface area contributed by atoms with E-state index in [4.69, 9.17) is 4.74 Å². The molecule has 26 heavy (non-hydrogen) atoms. The molecule has 2 aliphatic rings. The molecular formula is C19H19F5O2. The first-order chi connectivity index (χ1) is 12.2. The van der Waals surface area contributed by atoms with Gasteiger partial charge >= 0.3 is 5.97 Å². The number of halogens is 5. The van der Waals surface area contributed by atoms with E-state index < -0.39 is 53.1 Å². The van der Waals surface area contributed by atoms with Crippen molar-refractivity contribution in [2.75, 3.05) is 0 Å². The van der Waals surface area contributed by atoms with Crippen molar-refractivity contribution in [3.8, 4) is 0 Å². The molecule has 7 heteroatoms. The molecule has 2 atom stereocenters. The van der Waals surface area contributed by atoms with Crippen molar-refractivity contribution in [2.24, 2.45) is 17.3 Å². The summed E-state index contributed by atoms with van der Waals surface area (Å²) in [6.45, 7) is 2.77. The Balaban J connectivity index is 1.71. The predicted molar refractivity (Wildman–Crippen MR) is 83.3 cm³/mol. The zero-order valence-electron chi connectivity index (χ0n) is 14.5. The van der Waals surface area contributed by atoms with Crippen LogP contribution in [0, 0.1) is 46.3 Å². The molecule has 0 amide bonds. The molecular weight excluding hydrogens is 355 g/mol. The normalized spacial score (nSPS) is 23.9. The van der Waals surface area contributed by atoms with Crippen LogP contribution in [0.3, 0.4) is 0 Å². The Morgan fingerprint density at radius 1 is 1.00 bits per heavy atom. The highest BCUT2D eigenvalue weighted by Crippen LogP contribution is 2.60. The van der Waals surface area contributed by atoms with Crippen LogP contribution in [0.25, 0.3) is 0 Å². The molecule has 142 valence electrons. The lowest BCUT2D eigenvalue weighted by Crippen LogP contribution is -2.14. The van der Waals surface area contributed by atoms with E-state index in [1.807, 2.05) is 13.8 Å². The first-order valence-electron chi connectivity index (χ1n) is 8.52. The van der Waals surface area contributed by atoms with E-state index in [0.717, 1.165) is 25.7 Å². The highest BCUT2D eigenvalue weighted by Gasteiger charge is 2.61. The van der Waals surface area contributed by atoms with Gasteiger partial charge in [0, 0.05) is 0 Å². The van der Waals surface area contributed by atoms with E-state index in [1.54, 1.807) is 0 Å². The predicted octanol–water partition coefficient (Wildman–Crippen LogP) is 5.20. The highest BCUT2D eigenvalue weighted by atomic mass is 19.2. The second-order valence-corrected chi connectivity index (χ2v) is 7.51. The van der Waals surface area contributed by atoms with Gasteiger partial charge in [0.15, 0.2) is 23.3 Å². The van der Waals surface area contributed by atoms with Crippen LogP contribution in [0.4, 0.5) is 22.0 Å². The summed E-state index contributed by atoms with van der Waals surface area (Å²) in [5, 5.41) is 0. The molecule has 2 saturated carbocycles. The maximum Gasteiger partial charge on any atom is 0.310 e. The van der Waals surface area contributed by atoms with Crippen LogP contribution in [-0.4, -0.2) is 5.97 Å². The number of hydrogen-bond donors (Lipinski definition) is 0. The molecule has 0 heterocycles. The number of ether oxygens (including phenoxy) is 1. The van der Waals surface area contributed by atoms with Gasteiger partial charge in [-0.25, -0.2) is 22.0 Å². The quantitative estimate of drug-likeness (QED) is 0.238. The van der Waals surface area contributed by atoms with Gasteiger partial charge in [0.1, 0.15) is 6.61 Å². The lowest BCUT2D eigenvalue weighted by molar-refractivity contribution is -0.147. The summed E-state index contributed by atoms with van der Waals surface area (Å²) < 4.78 is 71.6. The number of carbonyl (C=O) groups excluding carboxylic acids is 1. The molecule has 2 unspecified atom stereocenters. The Hall–Kier alpha value is -1.92. The second kappa shape index (κ2) is 6.67. The SMILES string of the molecule is CC1(C)C(C=C2CCCC2)C1C(=O)OCc1c(F)c(F)c(F)c(F)c1F. The Kier molecular flexibility index (Phi) is 4.84. The van der Waals surface area contributed by atoms with Gasteiger partial charge < -0.3 is 4.74 Å². The molecule has 0 saturated heterocycles. The zero-order chi connectivity index (χ0) is 19.2. The van der Waals surface area contributed by atoms with E-state index in [9.17, 15) is 26.7 Å². The number of hydrogen-bond acceptors (Lipinski definition) is 2. The van der Waals surface area contributed by atoms with Gasteiger partial charge in [0.05, 0.1) is 11.5 Å². The Morgan fingerprint density at radius 2 is 1.50 bits per heavy atom. The molecule has 1 aromatic rings. The second-order valence-electron chi connectivity index (χ2n) is 7.51. The van der Waals surface area contributed by atoms with Crippen LogP contribution < -0.4 is 0 Å². The van der Waals surface area contributed by atoms with Crippen molar-refractivity contribution >= 4 is 5.97 Å². The van der Waals surface area contributed by atoms with E-state index >= 15 is 0 Å². The van der Waals surface area contributed by atoms with Gasteiger partial charge in [-0.2, -0.15) is 0 Å². The van der Waals surface area contributed by atoms with E-state index in [1.165, 1.54) is 5.57 Å². The molecule has 2 nitrogen and oxygen atoms in total. The van der Waals surface area contributed by atoms with Gasteiger partial charge in [-0.1, -0.05) is 25.5 Å². The molecule has 0 aromatic heterocycles. The minimum Gasteiger partial charge on any atom is -0.460 e. The first kappa shape index (κ1) is 18.9. The van der Waals surface area contributed by atoms with Gasteiger partial charge in [0.2, 0.25) is 5.82 Å². The average Bonchev–Trinajstić information content (AvgIpc) is 2.92. The summed E-state index contributed by atoms with van der Waals surface area (Å²) in [5.74, 6) is -11.5. The largest absolute Gasteiger partial charge is 0.460 e. The molecule has 0 spiro atoms. The van der Waals surface area contributed by atoms with Crippen LogP contribution in [0.2, 0.25) is 0 Å². The lowest BCUT2D eigenvalue weighted by Gasteiger charge is -2.09. The molecule has 1 aromatic carbocycles. The molecule has 0 N–H and O–H groups in total. The summed E-state index contributed by atoms with van der Waals surface area (Å²) >= 11 is 0. The van der Waals surface area contributed by atoms with Crippen molar-refractivity contribution in [3.63, 3.8) is 0 Å². The number of benzene rings is 1. The Bertz CT molecular complexity index is 748. The number of esters is 1. The third-order valence-corrected chi connectivity index (χ3v) is 5.49. The van der Waals surface area contributed by atoms with E-state index in [0.29, 0.717) is 0 Å². The maximum atomic E-state index is 13.6. The van der Waals surface area contributed by atoms with Crippen LogP contribution in [-0.2, 0) is 16.1 Å². The molecule has 3 rings (SSSR count). The highest BCUT2D eigenvalue weighted by molar-refractivity contribution is 5.78. The van der Waals surface area contributed by atoms with Gasteiger partial charge in [-0.3, -0.25) is 4.79 Å². The summed E-state index contributed by atoms with van der Waals surface area (Å²) in [6, 6.07) is 0. The van der Waals surface area contributed by atoms with Crippen LogP contribution >= 0.6 is 0 Å². The standard InChI is InChI=1S/C19H19F5O2/c1-19(2)11(7-9-5-3-4-6-9)12(19)18(25)26-8-10-13(20)15(22)17(24)16(23)14(10)21/h7,11-12H,3-6,8H2,1-2H3. The summed E-state index contributed by atoms with van der Waals surface area (Å²) in [4.78, 5) is 12.3. The third-order valence-electron chi connectivity index (χ3n) is 5.49. The number of carbonyl (C=O) groups is 1. The summed E-state index contributed by atoms with van der Waals surface area (Å²) in [5.41, 5.74) is -0.208. The summed E-state index contributed by atoms with van der Waals surface area (Å²) in [6.07, 6.45) is 6.30. The lowest BCUT2D eigenvalue weighted by atomic mass is 10.1. The van der Waals surface area contributed by atoms with E-state index in [2.05, 4.69) is 6.08 Å². The minimum atomic E-state index is -2.23. The third kappa shape index (κ3) is 3.12. The van der Waals surface area contributed by atoms with Crippen molar-refractivity contribution < 1.29 is 31.5 Å².